The van der Waals surface area contributed by atoms with Gasteiger partial charge in [-0.2, -0.15) is 0 Å². The number of methoxy groups -OCH3 is 1. The van der Waals surface area contributed by atoms with Crippen LogP contribution in [0.4, 0.5) is 5.82 Å². The molecule has 0 aliphatic carbocycles. The molecule has 1 aromatic rings. The number of hydrogen-bond donors (Lipinski definition) is 1. The highest BCUT2D eigenvalue weighted by atomic mass is 35.5. The molecule has 18 heavy (non-hydrogen) atoms. The first-order chi connectivity index (χ1) is 8.70. The fourth-order valence-electron chi connectivity index (χ4n) is 1.86. The van der Waals surface area contributed by atoms with E-state index in [1.807, 2.05) is 0 Å². The second-order valence-electron chi connectivity index (χ2n) is 4.18. The van der Waals surface area contributed by atoms with Crippen molar-refractivity contribution < 1.29 is 9.47 Å². The van der Waals surface area contributed by atoms with Gasteiger partial charge < -0.3 is 19.7 Å². The van der Waals surface area contributed by atoms with Crippen LogP contribution in [-0.4, -0.2) is 61.4 Å². The molecule has 0 amide bonds. The summed E-state index contributed by atoms with van der Waals surface area (Å²) in [6.07, 6.45) is 1.54. The Hall–Kier alpha value is -1.11. The van der Waals surface area contributed by atoms with Gasteiger partial charge in [-0.1, -0.05) is 11.6 Å². The predicted molar refractivity (Wildman–Crippen MR) is 69.3 cm³/mol. The molecule has 2 heterocycles. The maximum absolute atomic E-state index is 5.92. The van der Waals surface area contributed by atoms with Gasteiger partial charge in [0, 0.05) is 19.6 Å². The van der Waals surface area contributed by atoms with Crippen molar-refractivity contribution in [1.82, 2.24) is 14.9 Å². The summed E-state index contributed by atoms with van der Waals surface area (Å²) in [5.41, 5.74) is 0. The molecular weight excluding hydrogens is 256 g/mol. The number of hydrogen-bond acceptors (Lipinski definition) is 6. The summed E-state index contributed by atoms with van der Waals surface area (Å²) >= 11 is 5.92. The van der Waals surface area contributed by atoms with Gasteiger partial charge >= 0.3 is 0 Å². The van der Waals surface area contributed by atoms with E-state index in [4.69, 9.17) is 21.1 Å². The van der Waals surface area contributed by atoms with Crippen molar-refractivity contribution in [3.05, 3.63) is 11.5 Å². The minimum atomic E-state index is 0.141. The van der Waals surface area contributed by atoms with Crippen molar-refractivity contribution >= 4 is 17.4 Å². The summed E-state index contributed by atoms with van der Waals surface area (Å²) in [5.74, 6) is 1.05. The highest BCUT2D eigenvalue weighted by Crippen LogP contribution is 2.28. The molecule has 1 aromatic heterocycles. The van der Waals surface area contributed by atoms with E-state index in [-0.39, 0.29) is 6.10 Å². The summed E-state index contributed by atoms with van der Waals surface area (Å²) in [7, 11) is 3.62. The maximum atomic E-state index is 5.92. The molecular formula is C11H17ClN4O2. The summed E-state index contributed by atoms with van der Waals surface area (Å²) in [6.45, 7) is 3.28. The summed E-state index contributed by atoms with van der Waals surface area (Å²) in [6, 6.07) is 0. The maximum Gasteiger partial charge on any atom is 0.198 e. The molecule has 0 radical (unpaired) electrons. The number of aromatic nitrogens is 2. The highest BCUT2D eigenvalue weighted by molar-refractivity contribution is 6.31. The Morgan fingerprint density at radius 1 is 1.61 bits per heavy atom. The number of ether oxygens (including phenoxy) is 2. The lowest BCUT2D eigenvalue weighted by molar-refractivity contribution is -0.0117. The van der Waals surface area contributed by atoms with E-state index in [9.17, 15) is 0 Å². The summed E-state index contributed by atoms with van der Waals surface area (Å²) in [4.78, 5) is 10.2. The zero-order valence-corrected chi connectivity index (χ0v) is 11.3. The van der Waals surface area contributed by atoms with Gasteiger partial charge in [-0.25, -0.2) is 9.97 Å². The lowest BCUT2D eigenvalue weighted by Crippen LogP contribution is -2.43. The summed E-state index contributed by atoms with van der Waals surface area (Å²) in [5, 5.41) is 3.49. The van der Waals surface area contributed by atoms with Gasteiger partial charge in [0.2, 0.25) is 0 Å². The molecule has 1 aliphatic heterocycles. The van der Waals surface area contributed by atoms with Crippen LogP contribution in [0.3, 0.4) is 0 Å². The van der Waals surface area contributed by atoms with Gasteiger partial charge in [0.1, 0.15) is 6.33 Å². The van der Waals surface area contributed by atoms with Crippen LogP contribution in [0, 0.1) is 0 Å². The van der Waals surface area contributed by atoms with Crippen LogP contribution in [-0.2, 0) is 4.74 Å². The van der Waals surface area contributed by atoms with Gasteiger partial charge in [-0.15, -0.1) is 0 Å². The van der Waals surface area contributed by atoms with Gasteiger partial charge in [-0.05, 0) is 7.05 Å². The van der Waals surface area contributed by atoms with E-state index < -0.39 is 0 Å². The number of anilines is 1. The number of halogens is 1. The number of morpholine rings is 1. The van der Waals surface area contributed by atoms with Crippen molar-refractivity contribution in [1.29, 1.82) is 0 Å². The largest absolute Gasteiger partial charge is 0.490 e. The first-order valence-electron chi connectivity index (χ1n) is 5.79. The Kier molecular flexibility index (Phi) is 4.57. The van der Waals surface area contributed by atoms with Crippen LogP contribution >= 0.6 is 11.6 Å². The molecule has 0 spiro atoms. The number of rotatable bonds is 4. The molecule has 0 bridgehead atoms. The molecule has 1 unspecified atom stereocenters. The molecule has 1 N–H and O–H groups in total. The van der Waals surface area contributed by atoms with E-state index in [1.54, 1.807) is 7.11 Å². The third-order valence-electron chi connectivity index (χ3n) is 2.80. The van der Waals surface area contributed by atoms with Crippen LogP contribution in [0.5, 0.6) is 5.75 Å². The van der Waals surface area contributed by atoms with Gasteiger partial charge in [0.25, 0.3) is 0 Å². The smallest absolute Gasteiger partial charge is 0.198 e. The van der Waals surface area contributed by atoms with Crippen LogP contribution < -0.4 is 10.1 Å². The topological polar surface area (TPSA) is 59.5 Å². The summed E-state index contributed by atoms with van der Waals surface area (Å²) < 4.78 is 10.8. The average molecular weight is 273 g/mol. The first-order valence-corrected chi connectivity index (χ1v) is 6.17. The van der Waals surface area contributed by atoms with Crippen molar-refractivity contribution in [3.8, 4) is 5.75 Å². The zero-order chi connectivity index (χ0) is 13.0. The second kappa shape index (κ2) is 6.17. The van der Waals surface area contributed by atoms with Crippen molar-refractivity contribution in [2.45, 2.75) is 6.10 Å². The molecule has 1 fully saturated rings. The molecule has 1 atom stereocenters. The standard InChI is InChI=1S/C11H17ClN4O2/c1-16-3-4-18-8(6-16)5-13-11-9(17-2)10(12)14-7-15-11/h7-8H,3-6H2,1-2H3,(H,13,14,15). The lowest BCUT2D eigenvalue weighted by Gasteiger charge is -2.30. The van der Waals surface area contributed by atoms with Crippen LogP contribution in [0.1, 0.15) is 0 Å². The average Bonchev–Trinajstić information content (AvgIpc) is 2.36. The van der Waals surface area contributed by atoms with Crippen LogP contribution in [0.2, 0.25) is 5.15 Å². The van der Waals surface area contributed by atoms with Crippen LogP contribution in [0.15, 0.2) is 6.33 Å². The Morgan fingerprint density at radius 2 is 2.44 bits per heavy atom. The monoisotopic (exact) mass is 272 g/mol. The number of nitrogens with zero attached hydrogens (tertiary/aromatic N) is 3. The van der Waals surface area contributed by atoms with Gasteiger partial charge in [0.15, 0.2) is 16.7 Å². The van der Waals surface area contributed by atoms with Crippen LogP contribution in [0.25, 0.3) is 0 Å². The van der Waals surface area contributed by atoms with E-state index in [2.05, 4.69) is 27.2 Å². The fourth-order valence-corrected chi connectivity index (χ4v) is 2.07. The minimum absolute atomic E-state index is 0.141. The Bertz CT molecular complexity index is 405. The van der Waals surface area contributed by atoms with E-state index in [0.29, 0.717) is 23.3 Å². The first kappa shape index (κ1) is 13.3. The number of likely N-dealkylation sites (N-methyl/N-ethyl adjacent to an activating group) is 1. The molecule has 0 aromatic carbocycles. The molecule has 1 aliphatic rings. The molecule has 7 heteroatoms. The molecule has 6 nitrogen and oxygen atoms in total. The number of nitrogens with one attached hydrogen (secondary N) is 1. The zero-order valence-electron chi connectivity index (χ0n) is 10.5. The predicted octanol–water partition coefficient (Wildman–Crippen LogP) is 0.881. The quantitative estimate of drug-likeness (QED) is 0.821. The Labute approximate surface area is 111 Å². The SMILES string of the molecule is COc1c(Cl)ncnc1NCC1CN(C)CCO1. The normalized spacial score (nSPS) is 20.7. The molecule has 1 saturated heterocycles. The highest BCUT2D eigenvalue weighted by Gasteiger charge is 2.18. The van der Waals surface area contributed by atoms with Crippen molar-refractivity contribution in [3.63, 3.8) is 0 Å². The van der Waals surface area contributed by atoms with Crippen molar-refractivity contribution in [2.24, 2.45) is 0 Å². The van der Waals surface area contributed by atoms with Crippen molar-refractivity contribution in [2.75, 3.05) is 45.7 Å². The lowest BCUT2D eigenvalue weighted by atomic mass is 10.3. The van der Waals surface area contributed by atoms with E-state index >= 15 is 0 Å². The third-order valence-corrected chi connectivity index (χ3v) is 3.07. The molecule has 2 rings (SSSR count). The van der Waals surface area contributed by atoms with Gasteiger partial charge in [0.05, 0.1) is 19.8 Å². The minimum Gasteiger partial charge on any atom is -0.490 e. The van der Waals surface area contributed by atoms with E-state index in [0.717, 1.165) is 19.7 Å². The Balaban J connectivity index is 1.95. The van der Waals surface area contributed by atoms with E-state index in [1.165, 1.54) is 6.33 Å². The molecule has 0 saturated carbocycles. The fraction of sp³-hybridized carbons (Fsp3) is 0.636. The third kappa shape index (κ3) is 3.22. The second-order valence-corrected chi connectivity index (χ2v) is 4.54. The molecule has 100 valence electrons. The Morgan fingerprint density at radius 3 is 3.17 bits per heavy atom. The van der Waals surface area contributed by atoms with Gasteiger partial charge in [-0.3, -0.25) is 0 Å².